The Kier molecular flexibility index (Phi) is 5.51. The standard InChI is InChI=1S/C14H17IN2O4/c1-9(10-4-6-21-7-5-10)16-14(18)12-8-11(17(19)20)2-3-13(12)15/h2-3,8-10H,4-7H2,1H3,(H,16,18). The molecule has 1 fully saturated rings. The van der Waals surface area contributed by atoms with Gasteiger partial charge in [-0.1, -0.05) is 0 Å². The predicted octanol–water partition coefficient (Wildman–Crippen LogP) is 2.74. The first-order valence-electron chi connectivity index (χ1n) is 6.81. The molecular weight excluding hydrogens is 387 g/mol. The zero-order valence-corrected chi connectivity index (χ0v) is 13.8. The lowest BCUT2D eigenvalue weighted by molar-refractivity contribution is -0.384. The second kappa shape index (κ2) is 7.17. The molecule has 0 bridgehead atoms. The molecule has 1 unspecified atom stereocenters. The highest BCUT2D eigenvalue weighted by Crippen LogP contribution is 2.22. The molecule has 1 aromatic rings. The predicted molar refractivity (Wildman–Crippen MR) is 86.3 cm³/mol. The normalized spacial score (nSPS) is 17.2. The van der Waals surface area contributed by atoms with Gasteiger partial charge in [-0.25, -0.2) is 0 Å². The first-order chi connectivity index (χ1) is 9.99. The third kappa shape index (κ3) is 4.13. The minimum atomic E-state index is -0.491. The number of non-ortho nitro benzene ring substituents is 1. The fourth-order valence-electron chi connectivity index (χ4n) is 2.42. The number of ether oxygens (including phenoxy) is 1. The fraction of sp³-hybridized carbons (Fsp3) is 0.500. The molecule has 1 aromatic carbocycles. The molecule has 0 aromatic heterocycles. The molecule has 0 aliphatic carbocycles. The van der Waals surface area contributed by atoms with Gasteiger partial charge in [-0.3, -0.25) is 14.9 Å². The van der Waals surface area contributed by atoms with Crippen LogP contribution in [0.2, 0.25) is 0 Å². The van der Waals surface area contributed by atoms with Crippen LogP contribution in [0.1, 0.15) is 30.1 Å². The van der Waals surface area contributed by atoms with E-state index in [-0.39, 0.29) is 17.6 Å². The van der Waals surface area contributed by atoms with Gasteiger partial charge in [0, 0.05) is 35.0 Å². The van der Waals surface area contributed by atoms with Crippen molar-refractivity contribution in [3.8, 4) is 0 Å². The average molecular weight is 404 g/mol. The van der Waals surface area contributed by atoms with Crippen molar-refractivity contribution < 1.29 is 14.5 Å². The summed E-state index contributed by atoms with van der Waals surface area (Å²) in [6.07, 6.45) is 1.85. The molecule has 0 radical (unpaired) electrons. The van der Waals surface area contributed by atoms with Gasteiger partial charge in [0.25, 0.3) is 11.6 Å². The summed E-state index contributed by atoms with van der Waals surface area (Å²) in [6.45, 7) is 3.41. The molecule has 114 valence electrons. The van der Waals surface area contributed by atoms with Crippen molar-refractivity contribution in [3.63, 3.8) is 0 Å². The number of halogens is 1. The van der Waals surface area contributed by atoms with Gasteiger partial charge in [0.15, 0.2) is 0 Å². The zero-order chi connectivity index (χ0) is 15.4. The molecule has 21 heavy (non-hydrogen) atoms. The van der Waals surface area contributed by atoms with Gasteiger partial charge < -0.3 is 10.1 Å². The SMILES string of the molecule is CC(NC(=O)c1cc([N+](=O)[O-])ccc1I)C1CCOCC1. The molecule has 1 heterocycles. The first-order valence-corrected chi connectivity index (χ1v) is 7.89. The summed E-state index contributed by atoms with van der Waals surface area (Å²) >= 11 is 2.01. The molecule has 0 spiro atoms. The second-order valence-corrected chi connectivity index (χ2v) is 6.30. The number of carbonyl (C=O) groups excluding carboxylic acids is 1. The lowest BCUT2D eigenvalue weighted by Crippen LogP contribution is -2.40. The van der Waals surface area contributed by atoms with Gasteiger partial charge in [-0.15, -0.1) is 0 Å². The van der Waals surface area contributed by atoms with E-state index >= 15 is 0 Å². The Balaban J connectivity index is 2.08. The Labute approximate surface area is 136 Å². The summed E-state index contributed by atoms with van der Waals surface area (Å²) < 4.78 is 6.02. The number of hydrogen-bond donors (Lipinski definition) is 1. The van der Waals surface area contributed by atoms with E-state index in [0.29, 0.717) is 15.1 Å². The number of nitro benzene ring substituents is 1. The maximum absolute atomic E-state index is 12.3. The summed E-state index contributed by atoms with van der Waals surface area (Å²) in [7, 11) is 0. The van der Waals surface area contributed by atoms with Gasteiger partial charge in [-0.05, 0) is 54.3 Å². The molecular formula is C14H17IN2O4. The van der Waals surface area contributed by atoms with Crippen LogP contribution >= 0.6 is 22.6 Å². The van der Waals surface area contributed by atoms with E-state index in [2.05, 4.69) is 5.32 Å². The molecule has 1 atom stereocenters. The molecule has 1 amide bonds. The highest BCUT2D eigenvalue weighted by atomic mass is 127. The van der Waals surface area contributed by atoms with Gasteiger partial charge in [0.05, 0.1) is 10.5 Å². The first kappa shape index (κ1) is 16.2. The third-order valence-corrected chi connectivity index (χ3v) is 4.68. The highest BCUT2D eigenvalue weighted by Gasteiger charge is 2.23. The zero-order valence-electron chi connectivity index (χ0n) is 11.7. The van der Waals surface area contributed by atoms with E-state index in [1.807, 2.05) is 29.5 Å². The number of hydrogen-bond acceptors (Lipinski definition) is 4. The van der Waals surface area contributed by atoms with Crippen LogP contribution in [0.4, 0.5) is 5.69 Å². The van der Waals surface area contributed by atoms with Crippen molar-refractivity contribution in [3.05, 3.63) is 37.4 Å². The summed E-state index contributed by atoms with van der Waals surface area (Å²) in [6, 6.07) is 4.34. The molecule has 1 N–H and O–H groups in total. The van der Waals surface area contributed by atoms with E-state index in [1.165, 1.54) is 12.1 Å². The molecule has 1 aliphatic heterocycles. The van der Waals surface area contributed by atoms with E-state index in [0.717, 1.165) is 26.1 Å². The van der Waals surface area contributed by atoms with Gasteiger partial charge >= 0.3 is 0 Å². The van der Waals surface area contributed by atoms with E-state index in [4.69, 9.17) is 4.74 Å². The van der Waals surface area contributed by atoms with Crippen molar-refractivity contribution in [2.75, 3.05) is 13.2 Å². The van der Waals surface area contributed by atoms with Crippen LogP contribution < -0.4 is 5.32 Å². The van der Waals surface area contributed by atoms with Crippen LogP contribution in [0.3, 0.4) is 0 Å². The van der Waals surface area contributed by atoms with Crippen LogP contribution in [0.15, 0.2) is 18.2 Å². The van der Waals surface area contributed by atoms with Crippen LogP contribution in [-0.4, -0.2) is 30.1 Å². The van der Waals surface area contributed by atoms with Crippen molar-refractivity contribution >= 4 is 34.2 Å². The number of rotatable bonds is 4. The van der Waals surface area contributed by atoms with E-state index < -0.39 is 4.92 Å². The smallest absolute Gasteiger partial charge is 0.270 e. The maximum Gasteiger partial charge on any atom is 0.270 e. The third-order valence-electron chi connectivity index (χ3n) is 3.74. The van der Waals surface area contributed by atoms with E-state index in [9.17, 15) is 14.9 Å². The van der Waals surface area contributed by atoms with Crippen molar-refractivity contribution in [2.45, 2.75) is 25.8 Å². The van der Waals surface area contributed by atoms with Crippen molar-refractivity contribution in [1.29, 1.82) is 0 Å². The van der Waals surface area contributed by atoms with Gasteiger partial charge in [-0.2, -0.15) is 0 Å². The van der Waals surface area contributed by atoms with Gasteiger partial charge in [0.1, 0.15) is 0 Å². The number of nitro groups is 1. The van der Waals surface area contributed by atoms with Crippen LogP contribution in [0.5, 0.6) is 0 Å². The molecule has 2 rings (SSSR count). The topological polar surface area (TPSA) is 81.5 Å². The van der Waals surface area contributed by atoms with Crippen LogP contribution in [0.25, 0.3) is 0 Å². The number of nitrogens with one attached hydrogen (secondary N) is 1. The number of nitrogens with zero attached hydrogens (tertiary/aromatic N) is 1. The Morgan fingerprint density at radius 2 is 2.14 bits per heavy atom. The Morgan fingerprint density at radius 3 is 2.76 bits per heavy atom. The Bertz CT molecular complexity index is 544. The molecule has 7 heteroatoms. The highest BCUT2D eigenvalue weighted by molar-refractivity contribution is 14.1. The summed E-state index contributed by atoms with van der Waals surface area (Å²) in [4.78, 5) is 22.6. The fourth-order valence-corrected chi connectivity index (χ4v) is 3.00. The van der Waals surface area contributed by atoms with Crippen LogP contribution in [0, 0.1) is 19.6 Å². The quantitative estimate of drug-likeness (QED) is 0.476. The number of amides is 1. The van der Waals surface area contributed by atoms with E-state index in [1.54, 1.807) is 6.07 Å². The minimum absolute atomic E-state index is 0.0245. The average Bonchev–Trinajstić information content (AvgIpc) is 2.48. The largest absolute Gasteiger partial charge is 0.381 e. The molecule has 6 nitrogen and oxygen atoms in total. The molecule has 0 saturated carbocycles. The summed E-state index contributed by atoms with van der Waals surface area (Å²) in [5, 5.41) is 13.8. The monoisotopic (exact) mass is 404 g/mol. The summed E-state index contributed by atoms with van der Waals surface area (Å²) in [5.74, 6) is 0.126. The lowest BCUT2D eigenvalue weighted by atomic mass is 9.93. The van der Waals surface area contributed by atoms with Crippen LogP contribution in [-0.2, 0) is 4.74 Å². The Morgan fingerprint density at radius 1 is 1.48 bits per heavy atom. The Hall–Kier alpha value is -1.22. The minimum Gasteiger partial charge on any atom is -0.381 e. The number of carbonyl (C=O) groups is 1. The van der Waals surface area contributed by atoms with Crippen molar-refractivity contribution in [1.82, 2.24) is 5.32 Å². The van der Waals surface area contributed by atoms with Crippen molar-refractivity contribution in [2.24, 2.45) is 5.92 Å². The maximum atomic E-state index is 12.3. The molecule has 1 saturated heterocycles. The molecule has 1 aliphatic rings. The number of benzene rings is 1. The second-order valence-electron chi connectivity index (χ2n) is 5.13. The lowest BCUT2D eigenvalue weighted by Gasteiger charge is -2.28. The summed E-state index contributed by atoms with van der Waals surface area (Å²) in [5.41, 5.74) is 0.281. The van der Waals surface area contributed by atoms with Gasteiger partial charge in [0.2, 0.25) is 0 Å².